The fourth-order valence-electron chi connectivity index (χ4n) is 1.19. The van der Waals surface area contributed by atoms with Crippen LogP contribution in [0.15, 0.2) is 23.6 Å². The van der Waals surface area contributed by atoms with E-state index in [0.717, 1.165) is 12.0 Å². The Morgan fingerprint density at radius 3 is 2.88 bits per heavy atom. The molecule has 1 rings (SSSR count). The summed E-state index contributed by atoms with van der Waals surface area (Å²) in [5.74, 6) is 0. The highest BCUT2D eigenvalue weighted by Gasteiger charge is 2.12. The van der Waals surface area contributed by atoms with Gasteiger partial charge in [-0.15, -0.1) is 0 Å². The van der Waals surface area contributed by atoms with Crippen LogP contribution in [0.25, 0.3) is 16.5 Å². The van der Waals surface area contributed by atoms with E-state index in [0.29, 0.717) is 6.54 Å². The molecule has 1 aromatic heterocycles. The van der Waals surface area contributed by atoms with Gasteiger partial charge >= 0.3 is 0 Å². The summed E-state index contributed by atoms with van der Waals surface area (Å²) < 4.78 is 1.93. The molecule has 5 heteroatoms. The zero-order valence-corrected chi connectivity index (χ0v) is 9.96. The first-order valence-corrected chi connectivity index (χ1v) is 5.26. The molecule has 86 valence electrons. The first-order chi connectivity index (χ1) is 7.54. The summed E-state index contributed by atoms with van der Waals surface area (Å²) in [4.78, 5) is 2.69. The summed E-state index contributed by atoms with van der Waals surface area (Å²) in [5.41, 5.74) is 9.17. The molecule has 0 bridgehead atoms. The molecule has 0 aliphatic carbocycles. The van der Waals surface area contributed by atoms with Crippen molar-refractivity contribution in [2.75, 3.05) is 6.54 Å². The van der Waals surface area contributed by atoms with Crippen molar-refractivity contribution in [3.8, 4) is 0 Å². The highest BCUT2D eigenvalue weighted by molar-refractivity contribution is 5.46. The molecule has 1 heterocycles. The number of nitrogens with zero attached hydrogens (tertiary/aromatic N) is 5. The Morgan fingerprint density at radius 2 is 2.31 bits per heavy atom. The average molecular weight is 219 g/mol. The van der Waals surface area contributed by atoms with Gasteiger partial charge in [-0.25, -0.2) is 0 Å². The van der Waals surface area contributed by atoms with Gasteiger partial charge in [0.05, 0.1) is 11.7 Å². The quantitative estimate of drug-likeness (QED) is 0.331. The van der Waals surface area contributed by atoms with Gasteiger partial charge in [0.1, 0.15) is 0 Å². The Morgan fingerprint density at radius 1 is 1.56 bits per heavy atom. The molecule has 0 fully saturated rings. The first kappa shape index (κ1) is 12.3. The second-order valence-electron chi connectivity index (χ2n) is 4.53. The molecule has 0 N–H and O–H groups in total. The standard InChI is InChI=1S/C11H17N5/c1-11(2,3)16-9-10(8-14-16)6-4-5-7-13-15-12/h4,6,8-9H,5,7H2,1-3H3. The molecule has 0 radical (unpaired) electrons. The van der Waals surface area contributed by atoms with E-state index in [1.807, 2.05) is 29.2 Å². The topological polar surface area (TPSA) is 66.6 Å². The molecular formula is C11H17N5. The predicted octanol–water partition coefficient (Wildman–Crippen LogP) is 3.35. The Balaban J connectivity index is 2.55. The SMILES string of the molecule is CC(C)(C)n1cc(C=CCCN=[N+]=[N-])cn1. The molecular weight excluding hydrogens is 202 g/mol. The molecule has 0 amide bonds. The maximum Gasteiger partial charge on any atom is 0.0562 e. The zero-order valence-electron chi connectivity index (χ0n) is 9.96. The first-order valence-electron chi connectivity index (χ1n) is 5.26. The lowest BCUT2D eigenvalue weighted by atomic mass is 10.1. The molecule has 0 saturated carbocycles. The van der Waals surface area contributed by atoms with Crippen LogP contribution in [0.2, 0.25) is 0 Å². The number of aromatic nitrogens is 2. The Kier molecular flexibility index (Phi) is 4.14. The molecule has 0 spiro atoms. The minimum absolute atomic E-state index is 0.0111. The number of rotatable bonds is 4. The van der Waals surface area contributed by atoms with Crippen molar-refractivity contribution in [2.45, 2.75) is 32.7 Å². The van der Waals surface area contributed by atoms with Crippen molar-refractivity contribution in [2.24, 2.45) is 5.11 Å². The Bertz CT molecular complexity index is 404. The predicted molar refractivity (Wildman–Crippen MR) is 64.9 cm³/mol. The lowest BCUT2D eigenvalue weighted by Crippen LogP contribution is -2.21. The third-order valence-corrected chi connectivity index (χ3v) is 2.06. The maximum atomic E-state index is 8.10. The second-order valence-corrected chi connectivity index (χ2v) is 4.53. The van der Waals surface area contributed by atoms with E-state index in [4.69, 9.17) is 5.53 Å². The van der Waals surface area contributed by atoms with E-state index in [1.165, 1.54) is 0 Å². The summed E-state index contributed by atoms with van der Waals surface area (Å²) in [7, 11) is 0. The molecule has 0 aromatic carbocycles. The molecule has 0 saturated heterocycles. The summed E-state index contributed by atoms with van der Waals surface area (Å²) in [6.45, 7) is 6.82. The molecule has 0 aliphatic heterocycles. The van der Waals surface area contributed by atoms with E-state index in [1.54, 1.807) is 0 Å². The van der Waals surface area contributed by atoms with Crippen LogP contribution in [-0.2, 0) is 5.54 Å². The molecule has 0 unspecified atom stereocenters. The molecule has 0 atom stereocenters. The van der Waals surface area contributed by atoms with Crippen molar-refractivity contribution in [3.05, 3.63) is 34.5 Å². The van der Waals surface area contributed by atoms with Gasteiger partial charge in [0.25, 0.3) is 0 Å². The third-order valence-electron chi connectivity index (χ3n) is 2.06. The fraction of sp³-hybridized carbons (Fsp3) is 0.545. The van der Waals surface area contributed by atoms with Crippen LogP contribution in [0.1, 0.15) is 32.8 Å². The van der Waals surface area contributed by atoms with Crippen LogP contribution in [0, 0.1) is 0 Å². The summed E-state index contributed by atoms with van der Waals surface area (Å²) in [6, 6.07) is 0. The van der Waals surface area contributed by atoms with Gasteiger partial charge in [-0.3, -0.25) is 4.68 Å². The van der Waals surface area contributed by atoms with Crippen LogP contribution < -0.4 is 0 Å². The molecule has 0 aliphatic rings. The number of hydrogen-bond donors (Lipinski definition) is 0. The van der Waals surface area contributed by atoms with Gasteiger partial charge in [0, 0.05) is 23.2 Å². The molecule has 1 aromatic rings. The average Bonchev–Trinajstić information content (AvgIpc) is 2.65. The largest absolute Gasteiger partial charge is 0.267 e. The molecule has 16 heavy (non-hydrogen) atoms. The van der Waals surface area contributed by atoms with E-state index in [2.05, 4.69) is 35.9 Å². The molecule has 5 nitrogen and oxygen atoms in total. The van der Waals surface area contributed by atoms with Crippen molar-refractivity contribution >= 4 is 6.08 Å². The van der Waals surface area contributed by atoms with E-state index < -0.39 is 0 Å². The van der Waals surface area contributed by atoms with Gasteiger partial charge in [-0.2, -0.15) is 5.10 Å². The highest BCUT2D eigenvalue weighted by Crippen LogP contribution is 2.13. The van der Waals surface area contributed by atoms with Crippen LogP contribution in [0.5, 0.6) is 0 Å². The van der Waals surface area contributed by atoms with Crippen molar-refractivity contribution in [1.29, 1.82) is 0 Å². The summed E-state index contributed by atoms with van der Waals surface area (Å²) in [6.07, 6.45) is 8.56. The van der Waals surface area contributed by atoms with Crippen molar-refractivity contribution in [1.82, 2.24) is 9.78 Å². The monoisotopic (exact) mass is 219 g/mol. The van der Waals surface area contributed by atoms with Gasteiger partial charge in [-0.05, 0) is 32.7 Å². The lowest BCUT2D eigenvalue weighted by Gasteiger charge is -2.18. The van der Waals surface area contributed by atoms with Gasteiger partial charge in [0.15, 0.2) is 0 Å². The minimum Gasteiger partial charge on any atom is -0.267 e. The number of hydrogen-bond acceptors (Lipinski definition) is 2. The van der Waals surface area contributed by atoms with Gasteiger partial charge in [0.2, 0.25) is 0 Å². The normalized spacial score (nSPS) is 11.7. The summed E-state index contributed by atoms with van der Waals surface area (Å²) in [5, 5.41) is 7.74. The minimum atomic E-state index is 0.0111. The van der Waals surface area contributed by atoms with Crippen molar-refractivity contribution in [3.63, 3.8) is 0 Å². The van der Waals surface area contributed by atoms with E-state index >= 15 is 0 Å². The van der Waals surface area contributed by atoms with E-state index in [9.17, 15) is 0 Å². The van der Waals surface area contributed by atoms with Crippen LogP contribution in [0.3, 0.4) is 0 Å². The lowest BCUT2D eigenvalue weighted by molar-refractivity contribution is 0.355. The summed E-state index contributed by atoms with van der Waals surface area (Å²) >= 11 is 0. The van der Waals surface area contributed by atoms with E-state index in [-0.39, 0.29) is 5.54 Å². The third kappa shape index (κ3) is 3.79. The Hall–Kier alpha value is -1.74. The Labute approximate surface area is 95.4 Å². The highest BCUT2D eigenvalue weighted by atomic mass is 15.3. The van der Waals surface area contributed by atoms with Gasteiger partial charge in [-0.1, -0.05) is 17.3 Å². The number of azide groups is 1. The van der Waals surface area contributed by atoms with Gasteiger partial charge < -0.3 is 0 Å². The second kappa shape index (κ2) is 5.37. The van der Waals surface area contributed by atoms with Crippen LogP contribution in [0.4, 0.5) is 0 Å². The fourth-order valence-corrected chi connectivity index (χ4v) is 1.19. The smallest absolute Gasteiger partial charge is 0.0562 e. The van der Waals surface area contributed by atoms with Crippen LogP contribution in [-0.4, -0.2) is 16.3 Å². The zero-order chi connectivity index (χ0) is 12.0. The maximum absolute atomic E-state index is 8.10. The van der Waals surface area contributed by atoms with Crippen LogP contribution >= 0.6 is 0 Å². The van der Waals surface area contributed by atoms with Crippen molar-refractivity contribution < 1.29 is 0 Å².